The molecule has 0 bridgehead atoms. The van der Waals surface area contributed by atoms with Gasteiger partial charge in [-0.15, -0.1) is 11.3 Å². The van der Waals surface area contributed by atoms with Gasteiger partial charge in [-0.1, -0.05) is 30.3 Å². The number of amides is 2. The van der Waals surface area contributed by atoms with Crippen LogP contribution in [0.2, 0.25) is 0 Å². The van der Waals surface area contributed by atoms with Gasteiger partial charge >= 0.3 is 6.03 Å². The zero-order valence-corrected chi connectivity index (χ0v) is 12.1. The van der Waals surface area contributed by atoms with E-state index in [2.05, 4.69) is 15.7 Å². The third kappa shape index (κ3) is 3.39. The summed E-state index contributed by atoms with van der Waals surface area (Å²) < 4.78 is 0. The molecule has 1 aliphatic rings. The van der Waals surface area contributed by atoms with Crippen molar-refractivity contribution in [3.63, 3.8) is 0 Å². The average molecular weight is 302 g/mol. The second-order valence-corrected chi connectivity index (χ2v) is 5.31. The molecule has 1 aliphatic heterocycles. The highest BCUT2D eigenvalue weighted by Gasteiger charge is 2.15. The molecule has 2 amide bonds. The molecular weight excluding hydrogens is 288 g/mol. The molecule has 0 radical (unpaired) electrons. The van der Waals surface area contributed by atoms with Gasteiger partial charge in [0.2, 0.25) is 0 Å². The van der Waals surface area contributed by atoms with E-state index >= 15 is 0 Å². The number of hydrogen-bond acceptors (Lipinski definition) is 5. The minimum atomic E-state index is -0.400. The quantitative estimate of drug-likeness (QED) is 0.914. The lowest BCUT2D eigenvalue weighted by Gasteiger charge is -2.16. The molecule has 2 N–H and O–H groups in total. The smallest absolute Gasteiger partial charge is 0.282 e. The van der Waals surface area contributed by atoms with Gasteiger partial charge < -0.3 is 0 Å². The number of nitrogens with zero attached hydrogens (tertiary/aromatic N) is 2. The Kier molecular flexibility index (Phi) is 3.85. The van der Waals surface area contributed by atoms with Crippen molar-refractivity contribution in [2.24, 2.45) is 0 Å². The largest absolute Gasteiger partial charge is 0.341 e. The zero-order valence-electron chi connectivity index (χ0n) is 11.3. The molecule has 1 aromatic heterocycles. The van der Waals surface area contributed by atoms with Crippen LogP contribution in [-0.2, 0) is 4.84 Å². The summed E-state index contributed by atoms with van der Waals surface area (Å²) in [6.45, 7) is 1.88. The van der Waals surface area contributed by atoms with E-state index in [0.717, 1.165) is 11.3 Å². The van der Waals surface area contributed by atoms with Gasteiger partial charge in [0.1, 0.15) is 6.10 Å². The molecule has 0 saturated carbocycles. The monoisotopic (exact) mass is 302 g/mol. The molecule has 2 heterocycles. The Balaban J connectivity index is 1.60. The molecule has 108 valence electrons. The van der Waals surface area contributed by atoms with Gasteiger partial charge in [-0.2, -0.15) is 5.17 Å². The highest BCUT2D eigenvalue weighted by molar-refractivity contribution is 7.14. The highest BCUT2D eigenvalue weighted by atomic mass is 32.1. The summed E-state index contributed by atoms with van der Waals surface area (Å²) in [5.41, 5.74) is 4.40. The molecule has 0 aliphatic carbocycles. The first kappa shape index (κ1) is 13.6. The predicted molar refractivity (Wildman–Crippen MR) is 81.2 cm³/mol. The van der Waals surface area contributed by atoms with E-state index in [0.29, 0.717) is 5.13 Å². The van der Waals surface area contributed by atoms with E-state index in [9.17, 15) is 4.79 Å². The van der Waals surface area contributed by atoms with Crippen LogP contribution in [0.1, 0.15) is 6.92 Å². The minimum absolute atomic E-state index is 0.0464. The Labute approximate surface area is 126 Å². The van der Waals surface area contributed by atoms with Crippen molar-refractivity contribution in [2.75, 3.05) is 5.32 Å². The van der Waals surface area contributed by atoms with Gasteiger partial charge in [0, 0.05) is 10.9 Å². The molecule has 0 fully saturated rings. The van der Waals surface area contributed by atoms with E-state index in [4.69, 9.17) is 4.84 Å². The normalized spacial score (nSPS) is 17.0. The van der Waals surface area contributed by atoms with Crippen molar-refractivity contribution in [1.29, 1.82) is 0 Å². The fraction of sp³-hybridized carbons (Fsp3) is 0.143. The van der Waals surface area contributed by atoms with E-state index in [1.807, 2.05) is 48.7 Å². The summed E-state index contributed by atoms with van der Waals surface area (Å²) in [7, 11) is 0. The summed E-state index contributed by atoms with van der Waals surface area (Å²) in [5, 5.41) is 6.38. The number of anilines is 1. The lowest BCUT2D eigenvalue weighted by atomic mass is 10.2. The van der Waals surface area contributed by atoms with E-state index in [1.54, 1.807) is 6.20 Å². The lowest BCUT2D eigenvalue weighted by Crippen LogP contribution is -2.40. The summed E-state index contributed by atoms with van der Waals surface area (Å²) >= 11 is 1.37. The number of aromatic nitrogens is 1. The molecule has 1 aromatic carbocycles. The number of hydrazine groups is 1. The van der Waals surface area contributed by atoms with Crippen LogP contribution in [0.15, 0.2) is 48.0 Å². The Morgan fingerprint density at radius 1 is 1.38 bits per heavy atom. The third-order valence-electron chi connectivity index (χ3n) is 2.78. The summed E-state index contributed by atoms with van der Waals surface area (Å²) in [6.07, 6.45) is 3.44. The Hall–Kier alpha value is -2.38. The van der Waals surface area contributed by atoms with Crippen LogP contribution in [0.4, 0.5) is 9.93 Å². The average Bonchev–Trinajstić information content (AvgIpc) is 3.09. The Bertz CT molecular complexity index is 656. The maximum Gasteiger partial charge on any atom is 0.341 e. The number of carbonyl (C=O) groups excluding carboxylic acids is 1. The molecule has 2 aromatic rings. The van der Waals surface area contributed by atoms with Gasteiger partial charge in [-0.25, -0.2) is 20.0 Å². The van der Waals surface area contributed by atoms with E-state index in [-0.39, 0.29) is 6.10 Å². The van der Waals surface area contributed by atoms with Gasteiger partial charge in [0.05, 0.1) is 11.9 Å². The maximum absolute atomic E-state index is 11.8. The van der Waals surface area contributed by atoms with Crippen LogP contribution in [0.3, 0.4) is 0 Å². The van der Waals surface area contributed by atoms with Crippen molar-refractivity contribution in [3.8, 4) is 11.3 Å². The second kappa shape index (κ2) is 5.94. The number of hydrogen-bond donors (Lipinski definition) is 2. The van der Waals surface area contributed by atoms with Gasteiger partial charge in [0.15, 0.2) is 5.13 Å². The van der Waals surface area contributed by atoms with Crippen LogP contribution < -0.4 is 10.7 Å². The van der Waals surface area contributed by atoms with Crippen LogP contribution >= 0.6 is 11.3 Å². The highest BCUT2D eigenvalue weighted by Crippen LogP contribution is 2.24. The maximum atomic E-state index is 11.8. The number of hydroxylamine groups is 1. The predicted octanol–water partition coefficient (Wildman–Crippen LogP) is 3.00. The zero-order chi connectivity index (χ0) is 14.7. The summed E-state index contributed by atoms with van der Waals surface area (Å²) in [6, 6.07) is 9.40. The molecule has 7 heteroatoms. The second-order valence-electron chi connectivity index (χ2n) is 4.45. The standard InChI is InChI=1S/C14H14N4O2S/c1-10-7-8-18(20-10)17-13(19)16-14-15-12(9-21-14)11-5-3-2-4-6-11/h2-10H,1H3,(H2,15,16,17,19). The lowest BCUT2D eigenvalue weighted by molar-refractivity contribution is -0.147. The number of benzene rings is 1. The number of thiazole rings is 1. The number of carbonyl (C=O) groups is 1. The van der Waals surface area contributed by atoms with Crippen LogP contribution in [0.25, 0.3) is 11.3 Å². The Morgan fingerprint density at radius 2 is 2.19 bits per heavy atom. The fourth-order valence-corrected chi connectivity index (χ4v) is 2.52. The van der Waals surface area contributed by atoms with Crippen LogP contribution in [0, 0.1) is 0 Å². The molecule has 0 spiro atoms. The summed E-state index contributed by atoms with van der Waals surface area (Å²) in [4.78, 5) is 21.5. The third-order valence-corrected chi connectivity index (χ3v) is 3.54. The molecule has 21 heavy (non-hydrogen) atoms. The molecule has 0 saturated heterocycles. The molecule has 1 unspecified atom stereocenters. The van der Waals surface area contributed by atoms with Crippen molar-refractivity contribution < 1.29 is 9.63 Å². The van der Waals surface area contributed by atoms with Crippen LogP contribution in [0.5, 0.6) is 0 Å². The molecule has 3 rings (SSSR count). The summed E-state index contributed by atoms with van der Waals surface area (Å²) in [5.74, 6) is 0. The van der Waals surface area contributed by atoms with Gasteiger partial charge in [-0.3, -0.25) is 5.32 Å². The van der Waals surface area contributed by atoms with Crippen molar-refractivity contribution >= 4 is 22.5 Å². The molecular formula is C14H14N4O2S. The molecule has 6 nitrogen and oxygen atoms in total. The SMILES string of the molecule is CC1C=CN(NC(=O)Nc2nc(-c3ccccc3)cs2)O1. The van der Waals surface area contributed by atoms with E-state index in [1.165, 1.54) is 16.5 Å². The van der Waals surface area contributed by atoms with Crippen LogP contribution in [-0.4, -0.2) is 22.3 Å². The van der Waals surface area contributed by atoms with E-state index < -0.39 is 6.03 Å². The first-order chi connectivity index (χ1) is 10.2. The van der Waals surface area contributed by atoms with Crippen molar-refractivity contribution in [2.45, 2.75) is 13.0 Å². The topological polar surface area (TPSA) is 66.5 Å². The van der Waals surface area contributed by atoms with Crippen molar-refractivity contribution in [1.82, 2.24) is 15.6 Å². The first-order valence-corrected chi connectivity index (χ1v) is 7.31. The Morgan fingerprint density at radius 3 is 2.90 bits per heavy atom. The number of urea groups is 1. The number of rotatable bonds is 3. The number of nitrogens with one attached hydrogen (secondary N) is 2. The van der Waals surface area contributed by atoms with Gasteiger partial charge in [0.25, 0.3) is 0 Å². The molecule has 1 atom stereocenters. The van der Waals surface area contributed by atoms with Crippen molar-refractivity contribution in [3.05, 3.63) is 48.0 Å². The fourth-order valence-electron chi connectivity index (χ4n) is 1.81. The first-order valence-electron chi connectivity index (χ1n) is 6.43. The van der Waals surface area contributed by atoms with Gasteiger partial charge in [-0.05, 0) is 13.0 Å². The minimum Gasteiger partial charge on any atom is -0.282 e.